The number of ether oxygens (including phenoxy) is 1. The largest absolute Gasteiger partial charge is 0.489 e. The first-order valence-electron chi connectivity index (χ1n) is 6.74. The Morgan fingerprint density at radius 3 is 2.24 bits per heavy atom. The number of benzene rings is 2. The van der Waals surface area contributed by atoms with Gasteiger partial charge in [0.15, 0.2) is 0 Å². The molecule has 0 aliphatic rings. The van der Waals surface area contributed by atoms with Crippen molar-refractivity contribution in [1.29, 1.82) is 0 Å². The summed E-state index contributed by atoms with van der Waals surface area (Å²) >= 11 is 0. The second kappa shape index (κ2) is 6.90. The quantitative estimate of drug-likeness (QED) is 0.886. The van der Waals surface area contributed by atoms with Crippen LogP contribution in [0.5, 0.6) is 5.75 Å². The lowest BCUT2D eigenvalue weighted by atomic mass is 10.1. The molecule has 0 spiro atoms. The molecule has 1 N–H and O–H groups in total. The summed E-state index contributed by atoms with van der Waals surface area (Å²) in [6, 6.07) is 16.4. The van der Waals surface area contributed by atoms with Crippen LogP contribution in [0, 0.1) is 0 Å². The van der Waals surface area contributed by atoms with Crippen LogP contribution in [-0.2, 0) is 11.4 Å². The number of carboxylic acid groups (broad SMARTS) is 1. The van der Waals surface area contributed by atoms with Gasteiger partial charge in [-0.1, -0.05) is 42.5 Å². The number of carbonyl (C=O) groups is 1. The highest BCUT2D eigenvalue weighted by Crippen LogP contribution is 2.22. The molecule has 0 heterocycles. The van der Waals surface area contributed by atoms with Crippen molar-refractivity contribution in [2.24, 2.45) is 0 Å². The molecule has 4 nitrogen and oxygen atoms in total. The minimum absolute atomic E-state index is 0.496. The van der Waals surface area contributed by atoms with Crippen molar-refractivity contribution in [1.82, 2.24) is 4.90 Å². The van der Waals surface area contributed by atoms with Crippen LogP contribution in [0.4, 0.5) is 0 Å². The number of hydrogen-bond donors (Lipinski definition) is 1. The number of hydrogen-bond acceptors (Lipinski definition) is 3. The van der Waals surface area contributed by atoms with Gasteiger partial charge in [0.25, 0.3) is 0 Å². The highest BCUT2D eigenvalue weighted by Gasteiger charge is 2.21. The Morgan fingerprint density at radius 2 is 1.71 bits per heavy atom. The number of aliphatic carboxylic acids is 1. The fraction of sp³-hybridized carbons (Fsp3) is 0.235. The first-order valence-corrected chi connectivity index (χ1v) is 6.74. The van der Waals surface area contributed by atoms with Gasteiger partial charge in [0.1, 0.15) is 18.4 Å². The van der Waals surface area contributed by atoms with Crippen LogP contribution in [-0.4, -0.2) is 30.1 Å². The normalized spacial score (nSPS) is 12.1. The SMILES string of the molecule is CN(C)C(C(=O)O)c1ccc(OCc2ccccc2)cc1. The van der Waals surface area contributed by atoms with E-state index in [9.17, 15) is 9.90 Å². The third kappa shape index (κ3) is 4.07. The maximum absolute atomic E-state index is 11.3. The fourth-order valence-electron chi connectivity index (χ4n) is 2.15. The molecule has 2 aromatic carbocycles. The van der Waals surface area contributed by atoms with Gasteiger partial charge in [0.2, 0.25) is 0 Å². The number of rotatable bonds is 6. The van der Waals surface area contributed by atoms with Gasteiger partial charge >= 0.3 is 5.97 Å². The Hall–Kier alpha value is -2.33. The minimum Gasteiger partial charge on any atom is -0.489 e. The van der Waals surface area contributed by atoms with Crippen molar-refractivity contribution >= 4 is 5.97 Å². The lowest BCUT2D eigenvalue weighted by Gasteiger charge is -2.20. The second-order valence-electron chi connectivity index (χ2n) is 5.05. The topological polar surface area (TPSA) is 49.8 Å². The second-order valence-corrected chi connectivity index (χ2v) is 5.05. The lowest BCUT2D eigenvalue weighted by Crippen LogP contribution is -2.27. The summed E-state index contributed by atoms with van der Waals surface area (Å²) in [5, 5.41) is 9.25. The molecule has 110 valence electrons. The van der Waals surface area contributed by atoms with Gasteiger partial charge in [-0.15, -0.1) is 0 Å². The lowest BCUT2D eigenvalue weighted by molar-refractivity contribution is -0.142. The Labute approximate surface area is 124 Å². The van der Waals surface area contributed by atoms with Gasteiger partial charge in [-0.05, 0) is 37.4 Å². The third-order valence-corrected chi connectivity index (χ3v) is 3.19. The summed E-state index contributed by atoms with van der Waals surface area (Å²) in [5.74, 6) is -0.136. The third-order valence-electron chi connectivity index (χ3n) is 3.19. The molecule has 0 saturated heterocycles. The van der Waals surface area contributed by atoms with Crippen LogP contribution in [0.3, 0.4) is 0 Å². The van der Waals surface area contributed by atoms with E-state index in [2.05, 4.69) is 0 Å². The van der Waals surface area contributed by atoms with Crippen molar-refractivity contribution in [2.75, 3.05) is 14.1 Å². The average molecular weight is 285 g/mol. The highest BCUT2D eigenvalue weighted by atomic mass is 16.5. The molecule has 0 aromatic heterocycles. The minimum atomic E-state index is -0.863. The van der Waals surface area contributed by atoms with Gasteiger partial charge in [0, 0.05) is 0 Å². The van der Waals surface area contributed by atoms with Crippen molar-refractivity contribution < 1.29 is 14.6 Å². The molecule has 0 aliphatic heterocycles. The van der Waals surface area contributed by atoms with E-state index in [4.69, 9.17) is 4.74 Å². The molecule has 0 radical (unpaired) electrons. The Balaban J connectivity index is 2.03. The molecule has 2 rings (SSSR count). The van der Waals surface area contributed by atoms with E-state index in [0.717, 1.165) is 16.9 Å². The molecule has 2 aromatic rings. The number of nitrogens with zero attached hydrogens (tertiary/aromatic N) is 1. The van der Waals surface area contributed by atoms with E-state index in [-0.39, 0.29) is 0 Å². The summed E-state index contributed by atoms with van der Waals surface area (Å²) in [5.41, 5.74) is 1.83. The van der Waals surface area contributed by atoms with Gasteiger partial charge in [-0.25, -0.2) is 0 Å². The van der Waals surface area contributed by atoms with E-state index in [1.54, 1.807) is 43.3 Å². The molecule has 0 amide bonds. The van der Waals surface area contributed by atoms with Crippen LogP contribution < -0.4 is 4.74 Å². The van der Waals surface area contributed by atoms with Crippen molar-refractivity contribution in [3.63, 3.8) is 0 Å². The highest BCUT2D eigenvalue weighted by molar-refractivity contribution is 5.75. The standard InChI is InChI=1S/C17H19NO3/c1-18(2)16(17(19)20)14-8-10-15(11-9-14)21-12-13-6-4-3-5-7-13/h3-11,16H,12H2,1-2H3,(H,19,20). The van der Waals surface area contributed by atoms with Gasteiger partial charge in [-0.3, -0.25) is 9.69 Å². The number of likely N-dealkylation sites (N-methyl/N-ethyl adjacent to an activating group) is 1. The maximum atomic E-state index is 11.3. The van der Waals surface area contributed by atoms with Gasteiger partial charge in [0.05, 0.1) is 0 Å². The van der Waals surface area contributed by atoms with E-state index >= 15 is 0 Å². The Morgan fingerprint density at radius 1 is 1.10 bits per heavy atom. The zero-order valence-corrected chi connectivity index (χ0v) is 12.2. The van der Waals surface area contributed by atoms with Crippen LogP contribution in [0.15, 0.2) is 54.6 Å². The first kappa shape index (κ1) is 15.1. The molecule has 21 heavy (non-hydrogen) atoms. The zero-order chi connectivity index (χ0) is 15.2. The van der Waals surface area contributed by atoms with Gasteiger partial charge in [-0.2, -0.15) is 0 Å². The van der Waals surface area contributed by atoms with Crippen LogP contribution in [0.2, 0.25) is 0 Å². The average Bonchev–Trinajstić information content (AvgIpc) is 2.47. The van der Waals surface area contributed by atoms with Crippen molar-refractivity contribution in [3.8, 4) is 5.75 Å². The molecule has 1 unspecified atom stereocenters. The molecular formula is C17H19NO3. The van der Waals surface area contributed by atoms with Crippen LogP contribution in [0.1, 0.15) is 17.2 Å². The molecular weight excluding hydrogens is 266 g/mol. The smallest absolute Gasteiger partial charge is 0.325 e. The summed E-state index contributed by atoms with van der Waals surface area (Å²) in [6.07, 6.45) is 0. The zero-order valence-electron chi connectivity index (χ0n) is 12.2. The van der Waals surface area contributed by atoms with E-state index < -0.39 is 12.0 Å². The van der Waals surface area contributed by atoms with E-state index in [0.29, 0.717) is 6.61 Å². The van der Waals surface area contributed by atoms with Gasteiger partial charge < -0.3 is 9.84 Å². The van der Waals surface area contributed by atoms with Crippen molar-refractivity contribution in [3.05, 3.63) is 65.7 Å². The Kier molecular flexibility index (Phi) is 4.95. The summed E-state index contributed by atoms with van der Waals surface area (Å²) < 4.78 is 5.69. The molecule has 4 heteroatoms. The first-order chi connectivity index (χ1) is 10.1. The molecule has 0 saturated carbocycles. The molecule has 0 bridgehead atoms. The molecule has 0 fully saturated rings. The summed E-state index contributed by atoms with van der Waals surface area (Å²) in [4.78, 5) is 12.9. The Bertz CT molecular complexity index is 579. The maximum Gasteiger partial charge on any atom is 0.325 e. The number of carboxylic acids is 1. The summed E-state index contributed by atoms with van der Waals surface area (Å²) in [7, 11) is 3.50. The fourth-order valence-corrected chi connectivity index (χ4v) is 2.15. The monoisotopic (exact) mass is 285 g/mol. The van der Waals surface area contributed by atoms with E-state index in [1.165, 1.54) is 0 Å². The predicted octanol–water partition coefficient (Wildman–Crippen LogP) is 2.95. The van der Waals surface area contributed by atoms with Crippen LogP contribution in [0.25, 0.3) is 0 Å². The van der Waals surface area contributed by atoms with Crippen molar-refractivity contribution in [2.45, 2.75) is 12.6 Å². The molecule has 1 atom stereocenters. The van der Waals surface area contributed by atoms with E-state index in [1.807, 2.05) is 30.3 Å². The molecule has 0 aliphatic carbocycles. The van der Waals surface area contributed by atoms with Crippen LogP contribution >= 0.6 is 0 Å². The predicted molar refractivity (Wildman–Crippen MR) is 81.3 cm³/mol. The summed E-state index contributed by atoms with van der Waals surface area (Å²) in [6.45, 7) is 0.496.